The van der Waals surface area contributed by atoms with Crippen molar-refractivity contribution in [3.63, 3.8) is 0 Å². The zero-order valence-electron chi connectivity index (χ0n) is 12.1. The molecular weight excluding hydrogens is 258 g/mol. The first-order valence-electron chi connectivity index (χ1n) is 7.06. The quantitative estimate of drug-likeness (QED) is 0.614. The Morgan fingerprint density at radius 2 is 2.15 bits per heavy atom. The number of nitro groups is 1. The largest absolute Gasteiger partial charge is 0.361 e. The maximum Gasteiger partial charge on any atom is 0.332 e. The summed E-state index contributed by atoms with van der Waals surface area (Å²) in [7, 11) is 0. The molecular formula is C13H21N5O2. The summed E-state index contributed by atoms with van der Waals surface area (Å²) in [5.41, 5.74) is 0.349. The monoisotopic (exact) mass is 279 g/mol. The molecule has 1 fully saturated rings. The molecule has 1 aromatic heterocycles. The van der Waals surface area contributed by atoms with Crippen molar-refractivity contribution < 1.29 is 4.92 Å². The van der Waals surface area contributed by atoms with Crippen LogP contribution in [0.1, 0.15) is 38.8 Å². The lowest BCUT2D eigenvalue weighted by molar-refractivity contribution is -0.385. The summed E-state index contributed by atoms with van der Waals surface area (Å²) in [5.74, 6) is 1.32. The van der Waals surface area contributed by atoms with Crippen LogP contribution in [-0.2, 0) is 0 Å². The first-order chi connectivity index (χ1) is 9.52. The minimum Gasteiger partial charge on any atom is -0.361 e. The molecule has 2 rings (SSSR count). The lowest BCUT2D eigenvalue weighted by atomic mass is 9.80. The Morgan fingerprint density at radius 3 is 2.65 bits per heavy atom. The predicted molar refractivity (Wildman–Crippen MR) is 78.0 cm³/mol. The molecule has 1 heterocycles. The molecule has 1 saturated carbocycles. The average Bonchev–Trinajstić information content (AvgIpc) is 2.25. The van der Waals surface area contributed by atoms with Crippen molar-refractivity contribution in [2.24, 2.45) is 5.92 Å². The van der Waals surface area contributed by atoms with Gasteiger partial charge in [-0.3, -0.25) is 10.1 Å². The summed E-state index contributed by atoms with van der Waals surface area (Å²) in [6, 6.07) is 0.186. The van der Waals surface area contributed by atoms with Crippen LogP contribution in [-0.4, -0.2) is 27.5 Å². The summed E-state index contributed by atoms with van der Waals surface area (Å²) in [4.78, 5) is 19.2. The highest BCUT2D eigenvalue weighted by Crippen LogP contribution is 2.33. The molecule has 0 aliphatic heterocycles. The van der Waals surface area contributed by atoms with Crippen molar-refractivity contribution >= 4 is 17.5 Å². The van der Waals surface area contributed by atoms with Gasteiger partial charge in [-0.2, -0.15) is 4.98 Å². The van der Waals surface area contributed by atoms with E-state index in [9.17, 15) is 10.1 Å². The van der Waals surface area contributed by atoms with E-state index in [0.29, 0.717) is 29.9 Å². The molecule has 20 heavy (non-hydrogen) atoms. The van der Waals surface area contributed by atoms with Crippen molar-refractivity contribution in [3.8, 4) is 0 Å². The van der Waals surface area contributed by atoms with Gasteiger partial charge >= 0.3 is 5.69 Å². The van der Waals surface area contributed by atoms with E-state index in [1.807, 2.05) is 6.92 Å². The minimum absolute atomic E-state index is 0.0298. The summed E-state index contributed by atoms with van der Waals surface area (Å²) in [6.45, 7) is 6.30. The van der Waals surface area contributed by atoms with Crippen molar-refractivity contribution in [2.75, 3.05) is 17.2 Å². The van der Waals surface area contributed by atoms with E-state index >= 15 is 0 Å². The fourth-order valence-corrected chi connectivity index (χ4v) is 2.40. The molecule has 0 aromatic carbocycles. The van der Waals surface area contributed by atoms with E-state index < -0.39 is 4.92 Å². The van der Waals surface area contributed by atoms with Gasteiger partial charge in [-0.1, -0.05) is 6.42 Å². The maximum absolute atomic E-state index is 11.2. The standard InChI is InChI=1S/C13H21N5O2/c1-4-14-13-16-9(3)11(18(19)20)12(17-13)15-8(2)10-6-5-7-10/h8,10H,4-7H2,1-3H3,(H2,14,15,16,17). The zero-order chi connectivity index (χ0) is 14.7. The molecule has 7 heteroatoms. The highest BCUT2D eigenvalue weighted by atomic mass is 16.6. The molecule has 7 nitrogen and oxygen atoms in total. The molecule has 0 spiro atoms. The smallest absolute Gasteiger partial charge is 0.332 e. The Morgan fingerprint density at radius 1 is 1.45 bits per heavy atom. The van der Waals surface area contributed by atoms with Crippen molar-refractivity contribution in [1.82, 2.24) is 9.97 Å². The molecule has 1 aliphatic rings. The van der Waals surface area contributed by atoms with Gasteiger partial charge in [0, 0.05) is 12.6 Å². The zero-order valence-corrected chi connectivity index (χ0v) is 12.1. The Bertz CT molecular complexity index is 502. The van der Waals surface area contributed by atoms with E-state index in [4.69, 9.17) is 0 Å². The Kier molecular flexibility index (Phi) is 4.36. The SMILES string of the molecule is CCNc1nc(C)c([N+](=O)[O-])c(NC(C)C2CCC2)n1. The minimum atomic E-state index is -0.416. The Hall–Kier alpha value is -1.92. The predicted octanol–water partition coefficient (Wildman–Crippen LogP) is 2.73. The number of nitrogens with one attached hydrogen (secondary N) is 2. The molecule has 1 atom stereocenters. The van der Waals surface area contributed by atoms with Crippen LogP contribution in [0.25, 0.3) is 0 Å². The molecule has 110 valence electrons. The summed E-state index contributed by atoms with van der Waals surface area (Å²) in [5, 5.41) is 17.4. The number of anilines is 2. The molecule has 1 aliphatic carbocycles. The van der Waals surface area contributed by atoms with Gasteiger partial charge in [0.05, 0.1) is 4.92 Å². The van der Waals surface area contributed by atoms with E-state index in [0.717, 1.165) is 0 Å². The Balaban J connectivity index is 2.28. The van der Waals surface area contributed by atoms with Gasteiger partial charge in [0.2, 0.25) is 11.8 Å². The topological polar surface area (TPSA) is 93.0 Å². The highest BCUT2D eigenvalue weighted by molar-refractivity contribution is 5.61. The number of nitrogens with zero attached hydrogens (tertiary/aromatic N) is 3. The lowest BCUT2D eigenvalue weighted by Crippen LogP contribution is -2.31. The van der Waals surface area contributed by atoms with E-state index in [-0.39, 0.29) is 11.7 Å². The van der Waals surface area contributed by atoms with Crippen LogP contribution in [0.3, 0.4) is 0 Å². The molecule has 0 bridgehead atoms. The van der Waals surface area contributed by atoms with E-state index in [2.05, 4.69) is 27.5 Å². The van der Waals surface area contributed by atoms with Crippen LogP contribution in [0.2, 0.25) is 0 Å². The first kappa shape index (κ1) is 14.5. The maximum atomic E-state index is 11.2. The van der Waals surface area contributed by atoms with Crippen molar-refractivity contribution in [3.05, 3.63) is 15.8 Å². The summed E-state index contributed by atoms with van der Waals surface area (Å²) in [6.07, 6.45) is 3.59. The second-order valence-corrected chi connectivity index (χ2v) is 5.24. The van der Waals surface area contributed by atoms with Crippen LogP contribution in [0.4, 0.5) is 17.5 Å². The number of hydrogen-bond acceptors (Lipinski definition) is 6. The van der Waals surface area contributed by atoms with Gasteiger partial charge in [0.1, 0.15) is 5.69 Å². The number of aryl methyl sites for hydroxylation is 1. The van der Waals surface area contributed by atoms with Crippen molar-refractivity contribution in [2.45, 2.75) is 46.1 Å². The van der Waals surface area contributed by atoms with Gasteiger partial charge < -0.3 is 10.6 Å². The van der Waals surface area contributed by atoms with Gasteiger partial charge in [-0.05, 0) is 39.5 Å². The van der Waals surface area contributed by atoms with Crippen LogP contribution < -0.4 is 10.6 Å². The third kappa shape index (κ3) is 2.97. The molecule has 0 saturated heterocycles. The molecule has 0 amide bonds. The first-order valence-corrected chi connectivity index (χ1v) is 7.06. The highest BCUT2D eigenvalue weighted by Gasteiger charge is 2.28. The van der Waals surface area contributed by atoms with Crippen LogP contribution in [0.15, 0.2) is 0 Å². The summed E-state index contributed by atoms with van der Waals surface area (Å²) >= 11 is 0. The van der Waals surface area contributed by atoms with Gasteiger partial charge in [0.25, 0.3) is 0 Å². The second-order valence-electron chi connectivity index (χ2n) is 5.24. The second kappa shape index (κ2) is 6.02. The Labute approximate surface area is 118 Å². The van der Waals surface area contributed by atoms with Crippen LogP contribution in [0, 0.1) is 23.0 Å². The van der Waals surface area contributed by atoms with Gasteiger partial charge in [-0.15, -0.1) is 0 Å². The van der Waals surface area contributed by atoms with Crippen LogP contribution >= 0.6 is 0 Å². The fraction of sp³-hybridized carbons (Fsp3) is 0.692. The van der Waals surface area contributed by atoms with Crippen LogP contribution in [0.5, 0.6) is 0 Å². The average molecular weight is 279 g/mol. The number of hydrogen-bond donors (Lipinski definition) is 2. The third-order valence-electron chi connectivity index (χ3n) is 3.80. The summed E-state index contributed by atoms with van der Waals surface area (Å²) < 4.78 is 0. The fourth-order valence-electron chi connectivity index (χ4n) is 2.40. The normalized spacial score (nSPS) is 16.4. The van der Waals surface area contributed by atoms with Crippen molar-refractivity contribution in [1.29, 1.82) is 0 Å². The molecule has 0 radical (unpaired) electrons. The molecule has 1 aromatic rings. The molecule has 2 N–H and O–H groups in total. The number of rotatable bonds is 6. The van der Waals surface area contributed by atoms with Gasteiger partial charge in [-0.25, -0.2) is 4.98 Å². The lowest BCUT2D eigenvalue weighted by Gasteiger charge is -2.32. The number of aromatic nitrogens is 2. The third-order valence-corrected chi connectivity index (χ3v) is 3.80. The van der Waals surface area contributed by atoms with E-state index in [1.165, 1.54) is 19.3 Å². The van der Waals surface area contributed by atoms with E-state index in [1.54, 1.807) is 6.92 Å². The molecule has 1 unspecified atom stereocenters. The van der Waals surface area contributed by atoms with Gasteiger partial charge in [0.15, 0.2) is 0 Å².